The molecule has 0 unspecified atom stereocenters. The van der Waals surface area contributed by atoms with Gasteiger partial charge in [-0.1, -0.05) is 42.5 Å². The largest absolute Gasteiger partial charge is 0.384 e. The van der Waals surface area contributed by atoms with Crippen molar-refractivity contribution in [2.75, 3.05) is 23.7 Å². The molecule has 0 saturated carbocycles. The van der Waals surface area contributed by atoms with Crippen molar-refractivity contribution in [2.45, 2.75) is 64.2 Å². The van der Waals surface area contributed by atoms with Gasteiger partial charge in [-0.3, -0.25) is 15.0 Å². The van der Waals surface area contributed by atoms with Crippen LogP contribution in [0.25, 0.3) is 21.8 Å². The van der Waals surface area contributed by atoms with Gasteiger partial charge in [-0.05, 0) is 86.8 Å². The Balaban J connectivity index is 1.03. The summed E-state index contributed by atoms with van der Waals surface area (Å²) in [5.74, 6) is 0. The van der Waals surface area contributed by atoms with Gasteiger partial charge in [0.2, 0.25) is 0 Å². The minimum Gasteiger partial charge on any atom is -0.384 e. The number of hydrogen-bond acceptors (Lipinski definition) is 5. The van der Waals surface area contributed by atoms with Gasteiger partial charge in [0, 0.05) is 70.9 Å². The number of nitrogens with zero attached hydrogens (tertiary/aromatic N) is 3. The Hall–Kier alpha value is -3.99. The molecule has 2 N–H and O–H groups in total. The van der Waals surface area contributed by atoms with Gasteiger partial charge in [-0.2, -0.15) is 0 Å². The Morgan fingerprint density at radius 1 is 0.500 bits per heavy atom. The number of aromatic nitrogens is 3. The highest BCUT2D eigenvalue weighted by atomic mass is 14.9. The lowest BCUT2D eigenvalue weighted by atomic mass is 9.92. The summed E-state index contributed by atoms with van der Waals surface area (Å²) in [5, 5.41) is 10.1. The number of pyridine rings is 3. The molecule has 7 rings (SSSR count). The third kappa shape index (κ3) is 5.01. The number of anilines is 2. The third-order valence-corrected chi connectivity index (χ3v) is 8.57. The molecule has 202 valence electrons. The molecule has 3 heterocycles. The number of hydrogen-bond donors (Lipinski definition) is 2. The van der Waals surface area contributed by atoms with E-state index >= 15 is 0 Å². The highest BCUT2D eigenvalue weighted by Crippen LogP contribution is 2.34. The molecule has 0 aliphatic heterocycles. The van der Waals surface area contributed by atoms with E-state index in [1.54, 1.807) is 0 Å². The smallest absolute Gasteiger partial charge is 0.0726 e. The van der Waals surface area contributed by atoms with Crippen LogP contribution in [-0.4, -0.2) is 28.0 Å². The summed E-state index contributed by atoms with van der Waals surface area (Å²) in [6.45, 7) is 1.73. The monoisotopic (exact) mass is 527 g/mol. The molecule has 0 fully saturated rings. The van der Waals surface area contributed by atoms with E-state index in [-0.39, 0.29) is 0 Å². The van der Waals surface area contributed by atoms with Gasteiger partial charge in [-0.25, -0.2) is 0 Å². The van der Waals surface area contributed by atoms with Gasteiger partial charge in [0.05, 0.1) is 11.0 Å². The fourth-order valence-electron chi connectivity index (χ4n) is 6.59. The second-order valence-electron chi connectivity index (χ2n) is 11.2. The average molecular weight is 528 g/mol. The van der Waals surface area contributed by atoms with Crippen molar-refractivity contribution in [3.05, 3.63) is 101 Å². The molecule has 0 atom stereocenters. The molecule has 0 amide bonds. The van der Waals surface area contributed by atoms with Crippen LogP contribution in [0.5, 0.6) is 0 Å². The first-order chi connectivity index (χ1) is 19.8. The lowest BCUT2D eigenvalue weighted by Gasteiger charge is -2.22. The summed E-state index contributed by atoms with van der Waals surface area (Å²) in [4.78, 5) is 15.0. The minimum absolute atomic E-state index is 0.865. The summed E-state index contributed by atoms with van der Waals surface area (Å²) in [7, 11) is 0. The van der Waals surface area contributed by atoms with Crippen LogP contribution in [0.3, 0.4) is 0 Å². The third-order valence-electron chi connectivity index (χ3n) is 8.57. The molecule has 3 aromatic heterocycles. The zero-order valence-corrected chi connectivity index (χ0v) is 23.2. The first kappa shape index (κ1) is 25.0. The Morgan fingerprint density at radius 2 is 0.975 bits per heavy atom. The maximum Gasteiger partial charge on any atom is 0.0726 e. The lowest BCUT2D eigenvalue weighted by molar-refractivity contribution is 0.672. The number of nitrogens with one attached hydrogen (secondary N) is 2. The van der Waals surface area contributed by atoms with Crippen molar-refractivity contribution in [3.63, 3.8) is 0 Å². The molecule has 0 saturated heterocycles. The predicted molar refractivity (Wildman–Crippen MR) is 165 cm³/mol. The summed E-state index contributed by atoms with van der Waals surface area (Å²) in [6, 6.07) is 23.6. The molecule has 5 heteroatoms. The van der Waals surface area contributed by atoms with Crippen LogP contribution < -0.4 is 10.6 Å². The molecule has 5 aromatic rings. The maximum atomic E-state index is 5.03. The van der Waals surface area contributed by atoms with Crippen molar-refractivity contribution in [2.24, 2.45) is 0 Å². The van der Waals surface area contributed by atoms with Gasteiger partial charge in [0.25, 0.3) is 0 Å². The quantitative estimate of drug-likeness (QED) is 0.223. The van der Waals surface area contributed by atoms with Crippen molar-refractivity contribution in [3.8, 4) is 0 Å². The Labute approximate surface area is 236 Å². The number of aryl methyl sites for hydroxylation is 2. The zero-order chi connectivity index (χ0) is 26.7. The van der Waals surface area contributed by atoms with E-state index in [0.717, 1.165) is 74.0 Å². The molecular weight excluding hydrogens is 490 g/mol. The van der Waals surface area contributed by atoms with Gasteiger partial charge in [-0.15, -0.1) is 0 Å². The van der Waals surface area contributed by atoms with Crippen molar-refractivity contribution >= 4 is 33.2 Å². The first-order valence-electron chi connectivity index (χ1n) is 15.1. The van der Waals surface area contributed by atoms with E-state index in [9.17, 15) is 0 Å². The summed E-state index contributed by atoms with van der Waals surface area (Å²) >= 11 is 0. The van der Waals surface area contributed by atoms with E-state index in [2.05, 4.69) is 77.4 Å². The van der Waals surface area contributed by atoms with Gasteiger partial charge >= 0.3 is 0 Å². The number of fused-ring (bicyclic) bond motifs is 4. The number of para-hydroxylation sites is 2. The second-order valence-corrected chi connectivity index (χ2v) is 11.2. The highest BCUT2D eigenvalue weighted by Gasteiger charge is 2.19. The minimum atomic E-state index is 0.865. The lowest BCUT2D eigenvalue weighted by Crippen LogP contribution is -2.14. The SMILES string of the molecule is c1cc(CCNc2c3c(nc4ccccc24)CCCC3)nc(CCNc2c3c(nc4ccccc24)CCCC3)c1. The van der Waals surface area contributed by atoms with Crippen molar-refractivity contribution in [1.29, 1.82) is 0 Å². The summed E-state index contributed by atoms with van der Waals surface area (Å²) < 4.78 is 0. The first-order valence-corrected chi connectivity index (χ1v) is 15.1. The van der Waals surface area contributed by atoms with E-state index in [0.29, 0.717) is 0 Å². The molecule has 0 spiro atoms. The maximum absolute atomic E-state index is 5.03. The van der Waals surface area contributed by atoms with Crippen LogP contribution in [-0.2, 0) is 38.5 Å². The molecule has 5 nitrogen and oxygen atoms in total. The predicted octanol–water partition coefficient (Wildman–Crippen LogP) is 7.24. The van der Waals surface area contributed by atoms with Crippen LogP contribution in [0, 0.1) is 0 Å². The van der Waals surface area contributed by atoms with Crippen LogP contribution in [0.1, 0.15) is 59.6 Å². The van der Waals surface area contributed by atoms with Crippen LogP contribution in [0.15, 0.2) is 66.7 Å². The molecule has 0 radical (unpaired) electrons. The fourth-order valence-corrected chi connectivity index (χ4v) is 6.59. The van der Waals surface area contributed by atoms with Crippen LogP contribution in [0.2, 0.25) is 0 Å². The Bertz CT molecular complexity index is 1550. The molecule has 0 bridgehead atoms. The number of rotatable bonds is 8. The standard InChI is InChI=1S/C35H37N5/c1-5-16-30-26(12-1)34(27-13-2-6-17-31(27)39-30)36-22-20-24-10-9-11-25(38-24)21-23-37-35-28-14-3-7-18-32(28)40-33-19-8-4-15-29(33)35/h1,3,5,7,9-12,14,16,18H,2,4,6,8,13,15,17,19-23H2,(H,36,39)(H,37,40). The molecule has 2 aromatic carbocycles. The summed E-state index contributed by atoms with van der Waals surface area (Å²) in [5.41, 5.74) is 12.5. The normalized spacial score (nSPS) is 14.6. The van der Waals surface area contributed by atoms with Crippen LogP contribution >= 0.6 is 0 Å². The van der Waals surface area contributed by atoms with Crippen molar-refractivity contribution < 1.29 is 0 Å². The van der Waals surface area contributed by atoms with E-state index in [1.165, 1.54) is 70.3 Å². The van der Waals surface area contributed by atoms with Gasteiger partial charge < -0.3 is 10.6 Å². The number of benzene rings is 2. The highest BCUT2D eigenvalue weighted by molar-refractivity contribution is 5.94. The average Bonchev–Trinajstić information content (AvgIpc) is 3.00. The zero-order valence-electron chi connectivity index (χ0n) is 23.2. The van der Waals surface area contributed by atoms with E-state index < -0.39 is 0 Å². The van der Waals surface area contributed by atoms with E-state index in [4.69, 9.17) is 15.0 Å². The molecule has 2 aliphatic rings. The van der Waals surface area contributed by atoms with E-state index in [1.807, 2.05) is 0 Å². The second kappa shape index (κ2) is 11.2. The fraction of sp³-hybridized carbons (Fsp3) is 0.343. The summed E-state index contributed by atoms with van der Waals surface area (Å²) in [6.07, 6.45) is 11.2. The Morgan fingerprint density at radius 3 is 1.50 bits per heavy atom. The molecular formula is C35H37N5. The molecule has 2 aliphatic carbocycles. The van der Waals surface area contributed by atoms with Crippen molar-refractivity contribution in [1.82, 2.24) is 15.0 Å². The topological polar surface area (TPSA) is 62.7 Å². The van der Waals surface area contributed by atoms with Gasteiger partial charge in [0.15, 0.2) is 0 Å². The molecule has 40 heavy (non-hydrogen) atoms. The Kier molecular flexibility index (Phi) is 7.03. The van der Waals surface area contributed by atoms with Gasteiger partial charge in [0.1, 0.15) is 0 Å². The van der Waals surface area contributed by atoms with Crippen LogP contribution in [0.4, 0.5) is 11.4 Å².